The van der Waals surface area contributed by atoms with Gasteiger partial charge in [-0.25, -0.2) is 0 Å². The fourth-order valence-corrected chi connectivity index (χ4v) is 4.26. The number of rotatable bonds is 2. The molecule has 7 nitrogen and oxygen atoms in total. The Balaban J connectivity index is 1.88. The Morgan fingerprint density at radius 3 is 2.79 bits per heavy atom. The number of halogens is 1. The van der Waals surface area contributed by atoms with Gasteiger partial charge in [-0.1, -0.05) is 24.3 Å². The number of aromatic amines is 1. The lowest BCUT2D eigenvalue weighted by molar-refractivity contribution is 0.0995. The number of para-hydroxylation sites is 1. The summed E-state index contributed by atoms with van der Waals surface area (Å²) >= 11 is 2.11. The van der Waals surface area contributed by atoms with Crippen LogP contribution in [0.1, 0.15) is 27.7 Å². The summed E-state index contributed by atoms with van der Waals surface area (Å²) in [5.41, 5.74) is 10.6. The number of primary amides is 1. The maximum absolute atomic E-state index is 12.1. The van der Waals surface area contributed by atoms with Gasteiger partial charge in [-0.05, 0) is 46.4 Å². The van der Waals surface area contributed by atoms with Crippen molar-refractivity contribution < 1.29 is 9.90 Å². The molecule has 2 aromatic carbocycles. The second-order valence-corrected chi connectivity index (χ2v) is 7.75. The normalized spacial score (nSPS) is 15.0. The molecule has 3 heterocycles. The van der Waals surface area contributed by atoms with Crippen molar-refractivity contribution in [2.24, 2.45) is 5.73 Å². The van der Waals surface area contributed by atoms with E-state index in [1.807, 2.05) is 42.6 Å². The summed E-state index contributed by atoms with van der Waals surface area (Å²) in [5, 5.41) is 22.5. The molecule has 4 aromatic rings. The van der Waals surface area contributed by atoms with Crippen LogP contribution in [0.3, 0.4) is 0 Å². The van der Waals surface area contributed by atoms with Crippen LogP contribution >= 0.6 is 22.6 Å². The number of phenols is 1. The number of anilines is 1. The van der Waals surface area contributed by atoms with E-state index < -0.39 is 5.91 Å². The molecular formula is C20H14IN5O2. The van der Waals surface area contributed by atoms with E-state index in [1.54, 1.807) is 6.07 Å². The first-order valence-corrected chi connectivity index (χ1v) is 9.64. The molecule has 28 heavy (non-hydrogen) atoms. The molecule has 2 aromatic heterocycles. The molecule has 1 amide bonds. The molecule has 1 aliphatic heterocycles. The lowest BCUT2D eigenvalue weighted by Gasteiger charge is -2.20. The van der Waals surface area contributed by atoms with Crippen LogP contribution in [-0.4, -0.2) is 26.2 Å². The largest absolute Gasteiger partial charge is 0.507 e. The molecule has 0 radical (unpaired) electrons. The molecule has 0 spiro atoms. The molecule has 5 rings (SSSR count). The van der Waals surface area contributed by atoms with Crippen molar-refractivity contribution in [1.29, 1.82) is 0 Å². The molecule has 0 aliphatic carbocycles. The first-order valence-electron chi connectivity index (χ1n) is 8.56. The Hall–Kier alpha value is -3.14. The van der Waals surface area contributed by atoms with Gasteiger partial charge in [0.1, 0.15) is 5.75 Å². The van der Waals surface area contributed by atoms with Gasteiger partial charge >= 0.3 is 0 Å². The number of aromatic hydroxyl groups is 1. The smallest absolute Gasteiger partial charge is 0.269 e. The standard InChI is InChI=1S/C20H14IN5O2/c21-12-7-9(5-6-14(12)27)17-11-8-23-20-16(11)15(18(19(22)28)25-26-20)10-3-1-2-4-13(10)24-17/h1-8,17,24,27H,(H2,22,28)(H,23,26). The number of amides is 1. The Morgan fingerprint density at radius 1 is 1.18 bits per heavy atom. The monoisotopic (exact) mass is 483 g/mol. The zero-order valence-electron chi connectivity index (χ0n) is 14.4. The Bertz CT molecular complexity index is 1270. The van der Waals surface area contributed by atoms with Crippen LogP contribution in [0.4, 0.5) is 5.69 Å². The molecule has 1 aliphatic rings. The summed E-state index contributed by atoms with van der Waals surface area (Å²) in [4.78, 5) is 15.3. The van der Waals surface area contributed by atoms with Crippen molar-refractivity contribution in [2.45, 2.75) is 6.04 Å². The third-order valence-corrected chi connectivity index (χ3v) is 5.84. The van der Waals surface area contributed by atoms with E-state index in [2.05, 4.69) is 43.1 Å². The third kappa shape index (κ3) is 2.44. The minimum Gasteiger partial charge on any atom is -0.507 e. The van der Waals surface area contributed by atoms with Crippen molar-refractivity contribution in [2.75, 3.05) is 5.32 Å². The van der Waals surface area contributed by atoms with E-state index in [0.717, 1.165) is 31.3 Å². The summed E-state index contributed by atoms with van der Waals surface area (Å²) in [6, 6.07) is 13.0. The van der Waals surface area contributed by atoms with Gasteiger partial charge in [0.05, 0.1) is 9.61 Å². The molecule has 5 N–H and O–H groups in total. The second kappa shape index (κ2) is 6.20. The van der Waals surface area contributed by atoms with Gasteiger partial charge in [-0.2, -0.15) is 0 Å². The fourth-order valence-electron chi connectivity index (χ4n) is 3.73. The summed E-state index contributed by atoms with van der Waals surface area (Å²) in [6.07, 6.45) is 1.87. The molecule has 0 fully saturated rings. The first kappa shape index (κ1) is 17.0. The number of fused-ring (bicyclic) bond motifs is 2. The lowest BCUT2D eigenvalue weighted by Crippen LogP contribution is -2.15. The fraction of sp³-hybridized carbons (Fsp3) is 0.0500. The van der Waals surface area contributed by atoms with Crippen LogP contribution < -0.4 is 11.1 Å². The zero-order valence-corrected chi connectivity index (χ0v) is 16.6. The number of phenolic OH excluding ortho intramolecular Hbond substituents is 1. The molecular weight excluding hydrogens is 469 g/mol. The number of aromatic nitrogens is 3. The van der Waals surface area contributed by atoms with Crippen molar-refractivity contribution in [3.05, 3.63) is 69.1 Å². The van der Waals surface area contributed by atoms with Gasteiger partial charge in [-0.15, -0.1) is 10.2 Å². The van der Waals surface area contributed by atoms with Gasteiger partial charge in [0.25, 0.3) is 5.91 Å². The molecule has 138 valence electrons. The quantitative estimate of drug-likeness (QED) is 0.326. The minimum atomic E-state index is -0.621. The van der Waals surface area contributed by atoms with Crippen molar-refractivity contribution in [1.82, 2.24) is 15.2 Å². The number of H-pyrrole nitrogens is 1. The molecule has 0 saturated heterocycles. The molecule has 1 atom stereocenters. The van der Waals surface area contributed by atoms with Crippen molar-refractivity contribution in [3.8, 4) is 16.9 Å². The predicted octanol–water partition coefficient (Wildman–Crippen LogP) is 3.55. The van der Waals surface area contributed by atoms with Gasteiger partial charge in [0.15, 0.2) is 11.3 Å². The second-order valence-electron chi connectivity index (χ2n) is 6.59. The number of hydrogen-bond donors (Lipinski definition) is 4. The Kier molecular flexibility index (Phi) is 3.76. The van der Waals surface area contributed by atoms with Crippen LogP contribution in [0.15, 0.2) is 48.7 Å². The highest BCUT2D eigenvalue weighted by Gasteiger charge is 2.29. The highest BCUT2D eigenvalue weighted by atomic mass is 127. The minimum absolute atomic E-state index is 0.142. The van der Waals surface area contributed by atoms with Gasteiger partial charge < -0.3 is 21.1 Å². The van der Waals surface area contributed by atoms with Crippen LogP contribution in [0.5, 0.6) is 5.75 Å². The Morgan fingerprint density at radius 2 is 2.00 bits per heavy atom. The number of nitrogens with zero attached hydrogens (tertiary/aromatic N) is 2. The molecule has 0 bridgehead atoms. The van der Waals surface area contributed by atoms with E-state index in [9.17, 15) is 9.90 Å². The summed E-state index contributed by atoms with van der Waals surface area (Å²) in [5.74, 6) is -0.385. The SMILES string of the molecule is NC(=O)c1nnc2[nH]cc3c2c1-c1ccccc1NC3c1ccc(O)c(I)c1. The lowest BCUT2D eigenvalue weighted by atomic mass is 9.95. The molecule has 0 saturated carbocycles. The van der Waals surface area contributed by atoms with Crippen LogP contribution in [-0.2, 0) is 0 Å². The van der Waals surface area contributed by atoms with E-state index in [1.165, 1.54) is 0 Å². The number of benzene rings is 2. The zero-order chi connectivity index (χ0) is 19.4. The summed E-state index contributed by atoms with van der Waals surface area (Å²) in [6.45, 7) is 0. The van der Waals surface area contributed by atoms with Gasteiger partial charge in [-0.3, -0.25) is 4.79 Å². The van der Waals surface area contributed by atoms with E-state index in [-0.39, 0.29) is 17.5 Å². The number of carbonyl (C=O) groups is 1. The van der Waals surface area contributed by atoms with Crippen LogP contribution in [0.25, 0.3) is 22.2 Å². The highest BCUT2D eigenvalue weighted by molar-refractivity contribution is 14.1. The third-order valence-electron chi connectivity index (χ3n) is 4.97. The predicted molar refractivity (Wildman–Crippen MR) is 114 cm³/mol. The number of nitrogens with one attached hydrogen (secondary N) is 2. The molecule has 8 heteroatoms. The van der Waals surface area contributed by atoms with Gasteiger partial charge in [0, 0.05) is 34.0 Å². The average Bonchev–Trinajstić information content (AvgIpc) is 3.05. The topological polar surface area (TPSA) is 117 Å². The van der Waals surface area contributed by atoms with Crippen LogP contribution in [0.2, 0.25) is 0 Å². The number of hydrogen-bond acceptors (Lipinski definition) is 5. The average molecular weight is 483 g/mol. The van der Waals surface area contributed by atoms with E-state index in [4.69, 9.17) is 5.73 Å². The first-order chi connectivity index (χ1) is 13.5. The number of carbonyl (C=O) groups excluding carboxylic acids is 1. The maximum atomic E-state index is 12.1. The van der Waals surface area contributed by atoms with Crippen molar-refractivity contribution in [3.63, 3.8) is 0 Å². The maximum Gasteiger partial charge on any atom is 0.269 e. The van der Waals surface area contributed by atoms with Crippen LogP contribution in [0, 0.1) is 3.57 Å². The summed E-state index contributed by atoms with van der Waals surface area (Å²) in [7, 11) is 0. The highest BCUT2D eigenvalue weighted by Crippen LogP contribution is 2.44. The van der Waals surface area contributed by atoms with E-state index in [0.29, 0.717) is 11.2 Å². The van der Waals surface area contributed by atoms with Crippen molar-refractivity contribution >= 4 is 45.2 Å². The summed E-state index contributed by atoms with van der Waals surface area (Å²) < 4.78 is 0.757. The van der Waals surface area contributed by atoms with E-state index >= 15 is 0 Å². The number of nitrogens with two attached hydrogens (primary N) is 1. The Labute approximate surface area is 173 Å². The van der Waals surface area contributed by atoms with Gasteiger partial charge in [0.2, 0.25) is 0 Å². The molecule has 1 unspecified atom stereocenters.